The molecule has 19 atom stereocenters. The van der Waals surface area contributed by atoms with Gasteiger partial charge >= 0.3 is 0 Å². The van der Waals surface area contributed by atoms with Gasteiger partial charge in [0.25, 0.3) is 0 Å². The second-order valence-electron chi connectivity index (χ2n) is 12.5. The number of rotatable bonds is 13. The minimum absolute atomic E-state index is 0.0197. The molecule has 0 amide bonds. The first-order chi connectivity index (χ1) is 22.3. The van der Waals surface area contributed by atoms with E-state index in [2.05, 4.69) is 0 Å². The van der Waals surface area contributed by atoms with Crippen molar-refractivity contribution in [2.45, 2.75) is 130 Å². The van der Waals surface area contributed by atoms with Crippen LogP contribution < -0.4 is 22.9 Å². The summed E-state index contributed by atoms with van der Waals surface area (Å²) in [6.07, 6.45) is -21.8. The summed E-state index contributed by atoms with van der Waals surface area (Å²) in [5.41, 5.74) is 24.1. The normalized spacial score (nSPS) is 49.3. The molecular formula is C27H50N4O16. The molecule has 1 aliphatic carbocycles. The zero-order valence-electron chi connectivity index (χ0n) is 25.6. The fourth-order valence-corrected chi connectivity index (χ4v) is 6.48. The van der Waals surface area contributed by atoms with Gasteiger partial charge in [-0.2, -0.15) is 0 Å². The molecule has 4 rings (SSSR count). The van der Waals surface area contributed by atoms with Crippen molar-refractivity contribution in [1.29, 1.82) is 0 Å². The summed E-state index contributed by atoms with van der Waals surface area (Å²) in [5, 5.41) is 92.7. The number of aliphatic hydroxyl groups excluding tert-OH is 9. The van der Waals surface area contributed by atoms with E-state index in [1.165, 1.54) is 0 Å². The van der Waals surface area contributed by atoms with Crippen molar-refractivity contribution in [3.63, 3.8) is 0 Å². The molecule has 47 heavy (non-hydrogen) atoms. The first-order valence-corrected chi connectivity index (χ1v) is 15.6. The van der Waals surface area contributed by atoms with Crippen molar-refractivity contribution in [1.82, 2.24) is 0 Å². The van der Waals surface area contributed by atoms with Gasteiger partial charge in [-0.15, -0.1) is 0 Å². The molecule has 17 N–H and O–H groups in total. The highest BCUT2D eigenvalue weighted by atomic mass is 16.8. The number of hydrogen-bond acceptors (Lipinski definition) is 20. The zero-order valence-corrected chi connectivity index (χ0v) is 25.6. The topological polar surface area (TPSA) is 359 Å². The SMILES string of the molecule is NC[C@@H]1O[C@H](O[C@H]2[C@@H](O)[C@H](O[C@@H]3[C@@H](O)[C@H](CC(=O)CCO)C[C@H](N)[C@H]3O[C@H]3O[C@H](CO)[C@@H](O)[C@H](O)[C@H]3N)O[C@@H]2CO)[C@H](N)[C@@H](O)[C@@H]1O. The summed E-state index contributed by atoms with van der Waals surface area (Å²) in [6, 6.07) is -3.60. The first kappa shape index (κ1) is 38.7. The number of aliphatic hydroxyl groups is 9. The van der Waals surface area contributed by atoms with Gasteiger partial charge in [-0.1, -0.05) is 0 Å². The zero-order chi connectivity index (χ0) is 34.7. The van der Waals surface area contributed by atoms with Gasteiger partial charge in [-0.05, 0) is 12.3 Å². The van der Waals surface area contributed by atoms with Gasteiger partial charge in [-0.3, -0.25) is 4.79 Å². The van der Waals surface area contributed by atoms with E-state index in [1.54, 1.807) is 0 Å². The number of carbonyl (C=O) groups is 1. The lowest BCUT2D eigenvalue weighted by Crippen LogP contribution is -2.66. The molecule has 0 radical (unpaired) electrons. The Morgan fingerprint density at radius 2 is 1.15 bits per heavy atom. The standard InChI is InChI=1S/C27H50N4O16/c28-5-11-17(37)19(39)14(30)25(42-11)46-23-13(7-34)44-27(21(23)41)47-24-16(36)8(3-9(35)1-2-32)4-10(29)22(24)45-26-15(31)20(40)18(38)12(6-33)43-26/h8,10-27,32-34,36-41H,1-7,28-31H2/t8-,10+,11+,12-,13-,14-,15-,16+,17-,18-,19-,20-,21-,22-,23-,24-,25-,26-,27+/m1/s1. The van der Waals surface area contributed by atoms with Crippen LogP contribution in [0.4, 0.5) is 0 Å². The van der Waals surface area contributed by atoms with Crippen LogP contribution in [0.3, 0.4) is 0 Å². The first-order valence-electron chi connectivity index (χ1n) is 15.6. The molecule has 4 aliphatic rings. The van der Waals surface area contributed by atoms with Crippen molar-refractivity contribution in [2.75, 3.05) is 26.4 Å². The fourth-order valence-electron chi connectivity index (χ4n) is 6.48. The Kier molecular flexibility index (Phi) is 13.8. The van der Waals surface area contributed by atoms with Crippen LogP contribution in [0.5, 0.6) is 0 Å². The largest absolute Gasteiger partial charge is 0.396 e. The molecule has 0 spiro atoms. The van der Waals surface area contributed by atoms with Crippen molar-refractivity contribution in [3.05, 3.63) is 0 Å². The molecule has 3 aliphatic heterocycles. The Hall–Kier alpha value is -1.09. The molecule has 0 aromatic heterocycles. The lowest BCUT2D eigenvalue weighted by Gasteiger charge is -2.47. The minimum atomic E-state index is -1.69. The molecule has 274 valence electrons. The Morgan fingerprint density at radius 1 is 0.638 bits per heavy atom. The van der Waals surface area contributed by atoms with Crippen molar-refractivity contribution < 1.29 is 79.2 Å². The Balaban J connectivity index is 1.56. The number of hydrogen-bond donors (Lipinski definition) is 13. The number of ether oxygens (including phenoxy) is 6. The molecule has 0 aromatic carbocycles. The molecule has 20 nitrogen and oxygen atoms in total. The van der Waals surface area contributed by atoms with E-state index < -0.39 is 136 Å². The number of nitrogens with two attached hydrogens (primary N) is 4. The molecule has 4 fully saturated rings. The van der Waals surface area contributed by atoms with Crippen LogP contribution in [0, 0.1) is 5.92 Å². The number of carbonyl (C=O) groups excluding carboxylic acids is 1. The van der Waals surface area contributed by atoms with Crippen molar-refractivity contribution in [3.8, 4) is 0 Å². The fraction of sp³-hybridized carbons (Fsp3) is 0.963. The predicted molar refractivity (Wildman–Crippen MR) is 153 cm³/mol. The maximum Gasteiger partial charge on any atom is 0.187 e. The van der Waals surface area contributed by atoms with E-state index in [0.717, 1.165) is 0 Å². The van der Waals surface area contributed by atoms with Crippen LogP contribution in [0.25, 0.3) is 0 Å². The Labute approximate surface area is 270 Å². The second kappa shape index (κ2) is 16.7. The monoisotopic (exact) mass is 686 g/mol. The third-order valence-corrected chi connectivity index (χ3v) is 9.27. The lowest BCUT2D eigenvalue weighted by atomic mass is 9.77. The number of Topliss-reactive ketones (excluding diaryl/α,β-unsaturated/α-hetero) is 1. The van der Waals surface area contributed by atoms with E-state index in [-0.39, 0.29) is 31.6 Å². The average molecular weight is 687 g/mol. The summed E-state index contributed by atoms with van der Waals surface area (Å²) in [7, 11) is 0. The molecule has 3 saturated heterocycles. The highest BCUT2D eigenvalue weighted by Gasteiger charge is 2.54. The van der Waals surface area contributed by atoms with Gasteiger partial charge in [0.2, 0.25) is 0 Å². The minimum Gasteiger partial charge on any atom is -0.396 e. The average Bonchev–Trinajstić information content (AvgIpc) is 3.34. The molecule has 0 unspecified atom stereocenters. The third-order valence-electron chi connectivity index (χ3n) is 9.27. The molecular weight excluding hydrogens is 636 g/mol. The van der Waals surface area contributed by atoms with Crippen molar-refractivity contribution >= 4 is 5.78 Å². The summed E-state index contributed by atoms with van der Waals surface area (Å²) >= 11 is 0. The maximum absolute atomic E-state index is 12.4. The van der Waals surface area contributed by atoms with Gasteiger partial charge in [-0.25, -0.2) is 0 Å². The predicted octanol–water partition coefficient (Wildman–Crippen LogP) is -8.23. The Morgan fingerprint density at radius 3 is 1.70 bits per heavy atom. The van der Waals surface area contributed by atoms with Crippen LogP contribution in [-0.4, -0.2) is 188 Å². The quantitative estimate of drug-likeness (QED) is 0.0855. The number of ketones is 1. The van der Waals surface area contributed by atoms with E-state index >= 15 is 0 Å². The molecule has 3 heterocycles. The van der Waals surface area contributed by atoms with Crippen molar-refractivity contribution in [2.24, 2.45) is 28.9 Å². The lowest BCUT2D eigenvalue weighted by molar-refractivity contribution is -0.313. The van der Waals surface area contributed by atoms with Gasteiger partial charge in [0.15, 0.2) is 18.9 Å². The summed E-state index contributed by atoms with van der Waals surface area (Å²) in [6.45, 7) is -2.00. The summed E-state index contributed by atoms with van der Waals surface area (Å²) < 4.78 is 34.8. The van der Waals surface area contributed by atoms with Gasteiger partial charge in [0.05, 0.1) is 31.4 Å². The molecule has 0 bridgehead atoms. The van der Waals surface area contributed by atoms with E-state index in [1.807, 2.05) is 0 Å². The third kappa shape index (κ3) is 8.28. The van der Waals surface area contributed by atoms with E-state index in [9.17, 15) is 50.8 Å². The van der Waals surface area contributed by atoms with Gasteiger partial charge in [0, 0.05) is 32.0 Å². The van der Waals surface area contributed by atoms with E-state index in [0.29, 0.717) is 0 Å². The highest BCUT2D eigenvalue weighted by molar-refractivity contribution is 5.78. The van der Waals surface area contributed by atoms with Crippen LogP contribution in [0.15, 0.2) is 0 Å². The molecule has 20 heteroatoms. The molecule has 0 aromatic rings. The smallest absolute Gasteiger partial charge is 0.187 e. The second-order valence-corrected chi connectivity index (χ2v) is 12.5. The van der Waals surface area contributed by atoms with Gasteiger partial charge < -0.3 is 97.3 Å². The summed E-state index contributed by atoms with van der Waals surface area (Å²) in [4.78, 5) is 12.4. The molecule has 1 saturated carbocycles. The highest BCUT2D eigenvalue weighted by Crippen LogP contribution is 2.37. The summed E-state index contributed by atoms with van der Waals surface area (Å²) in [5.74, 6) is -1.17. The van der Waals surface area contributed by atoms with Crippen LogP contribution >= 0.6 is 0 Å². The Bertz CT molecular complexity index is 1000. The van der Waals surface area contributed by atoms with Crippen LogP contribution in [0.2, 0.25) is 0 Å². The van der Waals surface area contributed by atoms with Crippen LogP contribution in [-0.2, 0) is 33.2 Å². The van der Waals surface area contributed by atoms with E-state index in [4.69, 9.17) is 51.4 Å². The van der Waals surface area contributed by atoms with Gasteiger partial charge in [0.1, 0.15) is 72.9 Å². The maximum atomic E-state index is 12.4. The van der Waals surface area contributed by atoms with Crippen LogP contribution in [0.1, 0.15) is 19.3 Å².